The van der Waals surface area contributed by atoms with E-state index < -0.39 is 0 Å². The number of allylic oxidation sites excluding steroid dienone is 2. The highest BCUT2D eigenvalue weighted by Gasteiger charge is 1.84. The van der Waals surface area contributed by atoms with Gasteiger partial charge in [0.1, 0.15) is 0 Å². The van der Waals surface area contributed by atoms with Gasteiger partial charge in [-0.1, -0.05) is 13.5 Å². The van der Waals surface area contributed by atoms with E-state index >= 15 is 0 Å². The zero-order valence-corrected chi connectivity index (χ0v) is 6.59. The van der Waals surface area contributed by atoms with Crippen molar-refractivity contribution in [2.45, 2.75) is 20.3 Å². The summed E-state index contributed by atoms with van der Waals surface area (Å²) in [5.74, 6) is 0. The SMILES string of the molecule is C=C(C)/N=C\C(=C/N)CC. The molecule has 0 spiro atoms. The number of aliphatic imine (C=N–C) groups is 1. The number of nitrogens with zero attached hydrogens (tertiary/aromatic N) is 1. The van der Waals surface area contributed by atoms with E-state index in [-0.39, 0.29) is 0 Å². The molecule has 0 saturated carbocycles. The molecule has 2 nitrogen and oxygen atoms in total. The molecule has 0 radical (unpaired) electrons. The second-order valence-corrected chi connectivity index (χ2v) is 2.09. The zero-order valence-electron chi connectivity index (χ0n) is 6.59. The summed E-state index contributed by atoms with van der Waals surface area (Å²) in [6, 6.07) is 0. The fourth-order valence-corrected chi connectivity index (χ4v) is 0.445. The van der Waals surface area contributed by atoms with E-state index in [1.165, 1.54) is 0 Å². The van der Waals surface area contributed by atoms with Crippen molar-refractivity contribution in [3.8, 4) is 0 Å². The summed E-state index contributed by atoms with van der Waals surface area (Å²) in [5.41, 5.74) is 7.12. The molecule has 0 atom stereocenters. The number of rotatable bonds is 3. The molecule has 0 rings (SSSR count). The first-order valence-electron chi connectivity index (χ1n) is 3.31. The molecule has 56 valence electrons. The Morgan fingerprint density at radius 1 is 1.70 bits per heavy atom. The fraction of sp³-hybridized carbons (Fsp3) is 0.375. The molecule has 0 aliphatic rings. The van der Waals surface area contributed by atoms with E-state index in [0.29, 0.717) is 0 Å². The predicted octanol–water partition coefficient (Wildman–Crippen LogP) is 1.84. The van der Waals surface area contributed by atoms with Crippen LogP contribution in [0.3, 0.4) is 0 Å². The van der Waals surface area contributed by atoms with Gasteiger partial charge in [-0.3, -0.25) is 4.99 Å². The first-order chi connectivity index (χ1) is 4.70. The lowest BCUT2D eigenvalue weighted by Gasteiger charge is -1.92. The molecule has 0 bridgehead atoms. The minimum atomic E-state index is 0.799. The number of hydrogen-bond acceptors (Lipinski definition) is 2. The van der Waals surface area contributed by atoms with Gasteiger partial charge in [0.05, 0.1) is 0 Å². The van der Waals surface area contributed by atoms with Gasteiger partial charge in [0.25, 0.3) is 0 Å². The summed E-state index contributed by atoms with van der Waals surface area (Å²) in [7, 11) is 0. The third-order valence-electron chi connectivity index (χ3n) is 1.07. The molecule has 0 fully saturated rings. The van der Waals surface area contributed by atoms with Crippen molar-refractivity contribution in [2.75, 3.05) is 0 Å². The topological polar surface area (TPSA) is 38.4 Å². The molecule has 0 heterocycles. The second-order valence-electron chi connectivity index (χ2n) is 2.09. The van der Waals surface area contributed by atoms with Gasteiger partial charge in [-0.2, -0.15) is 0 Å². The first-order valence-corrected chi connectivity index (χ1v) is 3.31. The Morgan fingerprint density at radius 2 is 2.30 bits per heavy atom. The van der Waals surface area contributed by atoms with Crippen LogP contribution in [0.25, 0.3) is 0 Å². The van der Waals surface area contributed by atoms with E-state index in [0.717, 1.165) is 17.7 Å². The van der Waals surface area contributed by atoms with E-state index in [1.807, 2.05) is 13.8 Å². The van der Waals surface area contributed by atoms with Crippen LogP contribution in [0.2, 0.25) is 0 Å². The Kier molecular flexibility index (Phi) is 4.29. The predicted molar refractivity (Wildman–Crippen MR) is 45.9 cm³/mol. The van der Waals surface area contributed by atoms with Crippen molar-refractivity contribution in [3.63, 3.8) is 0 Å². The molecule has 2 N–H and O–H groups in total. The van der Waals surface area contributed by atoms with Gasteiger partial charge in [-0.15, -0.1) is 0 Å². The average Bonchev–Trinajstić information content (AvgIpc) is 1.90. The van der Waals surface area contributed by atoms with Crippen molar-refractivity contribution in [1.29, 1.82) is 0 Å². The van der Waals surface area contributed by atoms with Crippen LogP contribution < -0.4 is 5.73 Å². The van der Waals surface area contributed by atoms with Crippen molar-refractivity contribution in [2.24, 2.45) is 10.7 Å². The van der Waals surface area contributed by atoms with E-state index in [1.54, 1.807) is 12.4 Å². The molecule has 0 amide bonds. The monoisotopic (exact) mass is 138 g/mol. The van der Waals surface area contributed by atoms with Crippen molar-refractivity contribution in [3.05, 3.63) is 24.0 Å². The fourth-order valence-electron chi connectivity index (χ4n) is 0.445. The maximum absolute atomic E-state index is 5.29. The highest BCUT2D eigenvalue weighted by molar-refractivity contribution is 5.78. The highest BCUT2D eigenvalue weighted by Crippen LogP contribution is 1.95. The minimum Gasteiger partial charge on any atom is -0.404 e. The van der Waals surface area contributed by atoms with Crippen molar-refractivity contribution < 1.29 is 0 Å². The Labute approximate surface area is 62.1 Å². The quantitative estimate of drug-likeness (QED) is 0.594. The molecule has 0 saturated heterocycles. The van der Waals surface area contributed by atoms with Crippen LogP contribution in [-0.2, 0) is 0 Å². The molecule has 0 aromatic carbocycles. The lowest BCUT2D eigenvalue weighted by atomic mass is 10.2. The molecule has 0 aromatic heterocycles. The van der Waals surface area contributed by atoms with Crippen LogP contribution in [0.1, 0.15) is 20.3 Å². The van der Waals surface area contributed by atoms with Crippen LogP contribution in [0.15, 0.2) is 29.0 Å². The summed E-state index contributed by atoms with van der Waals surface area (Å²) in [4.78, 5) is 4.00. The number of hydrogen-bond donors (Lipinski definition) is 1. The third-order valence-corrected chi connectivity index (χ3v) is 1.07. The molecule has 0 aliphatic carbocycles. The van der Waals surface area contributed by atoms with Gasteiger partial charge in [-0.25, -0.2) is 0 Å². The summed E-state index contributed by atoms with van der Waals surface area (Å²) < 4.78 is 0. The molecular formula is C8H14N2. The molecule has 0 aromatic rings. The van der Waals surface area contributed by atoms with Gasteiger partial charge in [0, 0.05) is 11.9 Å². The summed E-state index contributed by atoms with van der Waals surface area (Å²) >= 11 is 0. The van der Waals surface area contributed by atoms with Gasteiger partial charge < -0.3 is 5.73 Å². The lowest BCUT2D eigenvalue weighted by molar-refractivity contribution is 1.16. The third kappa shape index (κ3) is 3.89. The average molecular weight is 138 g/mol. The van der Waals surface area contributed by atoms with Gasteiger partial charge >= 0.3 is 0 Å². The van der Waals surface area contributed by atoms with Crippen LogP contribution >= 0.6 is 0 Å². The minimum absolute atomic E-state index is 0.799. The maximum atomic E-state index is 5.29. The molecule has 10 heavy (non-hydrogen) atoms. The normalized spacial score (nSPS) is 12.4. The van der Waals surface area contributed by atoms with E-state index in [4.69, 9.17) is 5.73 Å². The number of nitrogens with two attached hydrogens (primary N) is 1. The Balaban J connectivity index is 3.98. The molecular weight excluding hydrogens is 124 g/mol. The largest absolute Gasteiger partial charge is 0.404 e. The van der Waals surface area contributed by atoms with Crippen LogP contribution in [-0.4, -0.2) is 6.21 Å². The Bertz CT molecular complexity index is 166. The van der Waals surface area contributed by atoms with E-state index in [9.17, 15) is 0 Å². The standard InChI is InChI=1S/C8H14N2/c1-4-8(5-9)6-10-7(2)3/h5-6H,2,4,9H2,1,3H3/b8-5-,10-6-. The Morgan fingerprint density at radius 3 is 2.60 bits per heavy atom. The highest BCUT2D eigenvalue weighted by atomic mass is 14.7. The van der Waals surface area contributed by atoms with Crippen LogP contribution in [0.4, 0.5) is 0 Å². The van der Waals surface area contributed by atoms with Crippen molar-refractivity contribution in [1.82, 2.24) is 0 Å². The zero-order chi connectivity index (χ0) is 7.98. The summed E-state index contributed by atoms with van der Waals surface area (Å²) in [6.45, 7) is 7.51. The summed E-state index contributed by atoms with van der Waals surface area (Å²) in [6.07, 6.45) is 4.21. The lowest BCUT2D eigenvalue weighted by Crippen LogP contribution is -1.88. The maximum Gasteiger partial charge on any atom is 0.0317 e. The second kappa shape index (κ2) is 4.79. The van der Waals surface area contributed by atoms with Crippen molar-refractivity contribution >= 4 is 6.21 Å². The van der Waals surface area contributed by atoms with Crippen LogP contribution in [0.5, 0.6) is 0 Å². The van der Waals surface area contributed by atoms with Gasteiger partial charge in [-0.05, 0) is 25.1 Å². The summed E-state index contributed by atoms with van der Waals surface area (Å²) in [5, 5.41) is 0. The molecule has 0 unspecified atom stereocenters. The van der Waals surface area contributed by atoms with Gasteiger partial charge in [0.2, 0.25) is 0 Å². The van der Waals surface area contributed by atoms with Crippen LogP contribution in [0, 0.1) is 0 Å². The van der Waals surface area contributed by atoms with Gasteiger partial charge in [0.15, 0.2) is 0 Å². The first kappa shape index (κ1) is 8.95. The molecule has 0 aliphatic heterocycles. The van der Waals surface area contributed by atoms with E-state index in [2.05, 4.69) is 11.6 Å². The molecule has 2 heteroatoms. The smallest absolute Gasteiger partial charge is 0.0317 e. The Hall–Kier alpha value is -1.05.